The lowest BCUT2D eigenvalue weighted by molar-refractivity contribution is -0.138. The van der Waals surface area contributed by atoms with Crippen molar-refractivity contribution in [2.45, 2.75) is 13.3 Å². The molecule has 2 N–H and O–H groups in total. The van der Waals surface area contributed by atoms with Gasteiger partial charge in [0.15, 0.2) is 0 Å². The monoisotopic (exact) mass is 341 g/mol. The second-order valence-corrected chi connectivity index (χ2v) is 6.04. The van der Waals surface area contributed by atoms with Gasteiger partial charge in [0.2, 0.25) is 5.95 Å². The number of piperazine rings is 1. The molecule has 3 rings (SSSR count). The lowest BCUT2D eigenvalue weighted by Crippen LogP contribution is -2.48. The maximum absolute atomic E-state index is 10.8. The van der Waals surface area contributed by atoms with Crippen LogP contribution in [0.5, 0.6) is 0 Å². The summed E-state index contributed by atoms with van der Waals surface area (Å²) in [6.07, 6.45) is 0.831. The third-order valence-corrected chi connectivity index (χ3v) is 4.21. The lowest BCUT2D eigenvalue weighted by atomic mass is 10.2. The second kappa shape index (κ2) is 7.94. The zero-order valence-electron chi connectivity index (χ0n) is 14.4. The molecule has 1 aliphatic rings. The molecule has 0 atom stereocenters. The van der Waals surface area contributed by atoms with Crippen LogP contribution in [0, 0.1) is 0 Å². The van der Waals surface area contributed by atoms with Gasteiger partial charge in [-0.1, -0.05) is 25.1 Å². The first kappa shape index (κ1) is 17.2. The number of rotatable bonds is 6. The van der Waals surface area contributed by atoms with Crippen molar-refractivity contribution in [3.63, 3.8) is 0 Å². The number of nitrogens with zero attached hydrogens (tertiary/aromatic N) is 4. The summed E-state index contributed by atoms with van der Waals surface area (Å²) in [7, 11) is 0. The fraction of sp³-hybridized carbons (Fsp3) is 0.389. The zero-order valence-corrected chi connectivity index (χ0v) is 14.4. The summed E-state index contributed by atoms with van der Waals surface area (Å²) in [4.78, 5) is 24.2. The van der Waals surface area contributed by atoms with E-state index in [1.807, 2.05) is 41.3 Å². The topological polar surface area (TPSA) is 81.6 Å². The number of hydrogen-bond acceptors (Lipinski definition) is 6. The molecule has 1 aromatic carbocycles. The maximum Gasteiger partial charge on any atom is 0.317 e. The van der Waals surface area contributed by atoms with E-state index >= 15 is 0 Å². The second-order valence-electron chi connectivity index (χ2n) is 6.04. The summed E-state index contributed by atoms with van der Waals surface area (Å²) in [6.45, 7) is 5.14. The third kappa shape index (κ3) is 4.67. The summed E-state index contributed by atoms with van der Waals surface area (Å²) in [6, 6.07) is 11.9. The first-order chi connectivity index (χ1) is 12.1. The van der Waals surface area contributed by atoms with Gasteiger partial charge < -0.3 is 15.3 Å². The SMILES string of the molecule is CCc1cc(N2CCN(CC(=O)O)CC2)nc(Nc2ccccc2)n1. The zero-order chi connectivity index (χ0) is 17.6. The maximum atomic E-state index is 10.8. The van der Waals surface area contributed by atoms with E-state index in [0.29, 0.717) is 5.95 Å². The number of aliphatic carboxylic acids is 1. The highest BCUT2D eigenvalue weighted by Gasteiger charge is 2.20. The summed E-state index contributed by atoms with van der Waals surface area (Å²) in [5.74, 6) is 0.701. The fourth-order valence-electron chi connectivity index (χ4n) is 2.86. The van der Waals surface area contributed by atoms with E-state index < -0.39 is 5.97 Å². The molecule has 2 heterocycles. The highest BCUT2D eigenvalue weighted by Crippen LogP contribution is 2.20. The van der Waals surface area contributed by atoms with Crippen LogP contribution in [-0.4, -0.2) is 58.7 Å². The molecule has 1 fully saturated rings. The minimum absolute atomic E-state index is 0.0959. The van der Waals surface area contributed by atoms with E-state index in [-0.39, 0.29) is 6.54 Å². The van der Waals surface area contributed by atoms with Gasteiger partial charge in [-0.05, 0) is 18.6 Å². The van der Waals surface area contributed by atoms with Crippen molar-refractivity contribution >= 4 is 23.4 Å². The number of anilines is 3. The van der Waals surface area contributed by atoms with Gasteiger partial charge in [0.1, 0.15) is 5.82 Å². The molecule has 0 spiro atoms. The van der Waals surface area contributed by atoms with Crippen LogP contribution in [0.1, 0.15) is 12.6 Å². The molecule has 0 amide bonds. The Hall–Kier alpha value is -2.67. The van der Waals surface area contributed by atoms with Gasteiger partial charge in [-0.15, -0.1) is 0 Å². The van der Waals surface area contributed by atoms with Crippen molar-refractivity contribution in [3.05, 3.63) is 42.1 Å². The molecule has 7 nitrogen and oxygen atoms in total. The molecule has 0 bridgehead atoms. The van der Waals surface area contributed by atoms with Gasteiger partial charge in [-0.25, -0.2) is 4.98 Å². The van der Waals surface area contributed by atoms with E-state index in [4.69, 9.17) is 5.11 Å². The molecule has 0 radical (unpaired) electrons. The number of para-hydroxylation sites is 1. The lowest BCUT2D eigenvalue weighted by Gasteiger charge is -2.34. The van der Waals surface area contributed by atoms with Gasteiger partial charge in [0.05, 0.1) is 6.54 Å². The van der Waals surface area contributed by atoms with Gasteiger partial charge in [-0.3, -0.25) is 9.69 Å². The Morgan fingerprint density at radius 2 is 1.88 bits per heavy atom. The summed E-state index contributed by atoms with van der Waals surface area (Å²) >= 11 is 0. The Labute approximate surface area is 147 Å². The van der Waals surface area contributed by atoms with Gasteiger partial charge in [0, 0.05) is 43.6 Å². The average molecular weight is 341 g/mol. The third-order valence-electron chi connectivity index (χ3n) is 4.21. The van der Waals surface area contributed by atoms with Crippen molar-refractivity contribution in [1.82, 2.24) is 14.9 Å². The van der Waals surface area contributed by atoms with E-state index in [1.165, 1.54) is 0 Å². The normalized spacial score (nSPS) is 15.2. The molecule has 1 aliphatic heterocycles. The number of hydrogen-bond donors (Lipinski definition) is 2. The van der Waals surface area contributed by atoms with E-state index in [9.17, 15) is 4.79 Å². The van der Waals surface area contributed by atoms with Crippen LogP contribution in [0.2, 0.25) is 0 Å². The van der Waals surface area contributed by atoms with Gasteiger partial charge >= 0.3 is 5.97 Å². The van der Waals surface area contributed by atoms with E-state index in [0.717, 1.165) is 49.8 Å². The van der Waals surface area contributed by atoms with Crippen LogP contribution in [-0.2, 0) is 11.2 Å². The first-order valence-electron chi connectivity index (χ1n) is 8.53. The van der Waals surface area contributed by atoms with Crippen LogP contribution in [0.15, 0.2) is 36.4 Å². The molecule has 7 heteroatoms. The smallest absolute Gasteiger partial charge is 0.317 e. The predicted molar refractivity (Wildman–Crippen MR) is 97.4 cm³/mol. The minimum atomic E-state index is -0.780. The number of nitrogens with one attached hydrogen (secondary N) is 1. The molecule has 0 unspecified atom stereocenters. The Kier molecular flexibility index (Phi) is 5.45. The molecule has 1 aromatic heterocycles. The highest BCUT2D eigenvalue weighted by atomic mass is 16.4. The standard InChI is InChI=1S/C18H23N5O2/c1-2-14-12-16(23-10-8-22(9-11-23)13-17(24)25)21-18(19-14)20-15-6-4-3-5-7-15/h3-7,12H,2,8-11,13H2,1H3,(H,24,25)(H,19,20,21). The van der Waals surface area contributed by atoms with Crippen LogP contribution in [0.4, 0.5) is 17.5 Å². The molecule has 132 valence electrons. The number of aromatic nitrogens is 2. The van der Waals surface area contributed by atoms with Crippen LogP contribution in [0.3, 0.4) is 0 Å². The summed E-state index contributed by atoms with van der Waals surface area (Å²) in [5, 5.41) is 12.2. The van der Waals surface area contributed by atoms with Crippen LogP contribution in [0.25, 0.3) is 0 Å². The van der Waals surface area contributed by atoms with Crippen LogP contribution < -0.4 is 10.2 Å². The molecule has 25 heavy (non-hydrogen) atoms. The van der Waals surface area contributed by atoms with Crippen molar-refractivity contribution < 1.29 is 9.90 Å². The molecule has 1 saturated heterocycles. The summed E-state index contributed by atoms with van der Waals surface area (Å²) in [5.41, 5.74) is 1.93. The Bertz CT molecular complexity index is 715. The van der Waals surface area contributed by atoms with Crippen molar-refractivity contribution in [2.75, 3.05) is 42.9 Å². The van der Waals surface area contributed by atoms with Crippen molar-refractivity contribution in [2.24, 2.45) is 0 Å². The fourth-order valence-corrected chi connectivity index (χ4v) is 2.86. The highest BCUT2D eigenvalue weighted by molar-refractivity contribution is 5.69. The minimum Gasteiger partial charge on any atom is -0.480 e. The summed E-state index contributed by atoms with van der Waals surface area (Å²) < 4.78 is 0. The molecule has 0 aliphatic carbocycles. The number of aryl methyl sites for hydroxylation is 1. The number of carbonyl (C=O) groups is 1. The van der Waals surface area contributed by atoms with Gasteiger partial charge in [0.25, 0.3) is 0 Å². The Morgan fingerprint density at radius 3 is 2.52 bits per heavy atom. The quantitative estimate of drug-likeness (QED) is 0.831. The molecule has 2 aromatic rings. The Balaban J connectivity index is 1.73. The largest absolute Gasteiger partial charge is 0.480 e. The average Bonchev–Trinajstić information content (AvgIpc) is 2.62. The predicted octanol–water partition coefficient (Wildman–Crippen LogP) is 1.99. The molecular weight excluding hydrogens is 318 g/mol. The first-order valence-corrected chi connectivity index (χ1v) is 8.53. The number of carboxylic acid groups (broad SMARTS) is 1. The molecule has 0 saturated carbocycles. The Morgan fingerprint density at radius 1 is 1.16 bits per heavy atom. The van der Waals surface area contributed by atoms with E-state index in [2.05, 4.69) is 27.1 Å². The van der Waals surface area contributed by atoms with Crippen molar-refractivity contribution in [3.8, 4) is 0 Å². The van der Waals surface area contributed by atoms with Crippen LogP contribution >= 0.6 is 0 Å². The van der Waals surface area contributed by atoms with E-state index in [1.54, 1.807) is 0 Å². The number of benzene rings is 1. The van der Waals surface area contributed by atoms with Crippen molar-refractivity contribution in [1.29, 1.82) is 0 Å². The number of carboxylic acids is 1. The van der Waals surface area contributed by atoms with Gasteiger partial charge in [-0.2, -0.15) is 4.98 Å². The molecular formula is C18H23N5O2.